The molecule has 1 aromatic rings. The van der Waals surface area contributed by atoms with Crippen LogP contribution in [-0.4, -0.2) is 25.8 Å². The summed E-state index contributed by atoms with van der Waals surface area (Å²) < 4.78 is 10.5. The summed E-state index contributed by atoms with van der Waals surface area (Å²) in [6.45, 7) is 4.24. The van der Waals surface area contributed by atoms with Crippen LogP contribution in [0.25, 0.3) is 0 Å². The van der Waals surface area contributed by atoms with Crippen LogP contribution >= 0.6 is 0 Å². The molecule has 0 saturated carbocycles. The van der Waals surface area contributed by atoms with Gasteiger partial charge in [-0.25, -0.2) is 4.79 Å². The van der Waals surface area contributed by atoms with Crippen LogP contribution in [0.15, 0.2) is 30.3 Å². The van der Waals surface area contributed by atoms with Crippen LogP contribution in [0.3, 0.4) is 0 Å². The van der Waals surface area contributed by atoms with Crippen molar-refractivity contribution in [2.45, 2.75) is 45.4 Å². The lowest BCUT2D eigenvalue weighted by atomic mass is 10.1. The zero-order chi connectivity index (χ0) is 14.5. The quantitative estimate of drug-likeness (QED) is 0.449. The highest BCUT2D eigenvalue weighted by atomic mass is 16.5. The molecule has 0 N–H and O–H groups in total. The Bertz CT molecular complexity index is 349. The first-order chi connectivity index (χ1) is 9.84. The summed E-state index contributed by atoms with van der Waals surface area (Å²) in [5.74, 6) is -0.220. The van der Waals surface area contributed by atoms with E-state index in [1.165, 1.54) is 19.3 Å². The van der Waals surface area contributed by atoms with Gasteiger partial charge in [0.25, 0.3) is 0 Å². The number of unbranched alkanes of at least 4 members (excludes halogenated alkanes) is 5. The summed E-state index contributed by atoms with van der Waals surface area (Å²) in [5, 5.41) is 0. The SMILES string of the molecule is CCOCCCCCCCCOC(=O)c1ccccc1. The summed E-state index contributed by atoms with van der Waals surface area (Å²) in [4.78, 5) is 11.6. The zero-order valence-electron chi connectivity index (χ0n) is 12.5. The summed E-state index contributed by atoms with van der Waals surface area (Å²) in [6.07, 6.45) is 6.89. The van der Waals surface area contributed by atoms with Gasteiger partial charge < -0.3 is 9.47 Å². The molecule has 0 atom stereocenters. The van der Waals surface area contributed by atoms with Gasteiger partial charge in [0.15, 0.2) is 0 Å². The van der Waals surface area contributed by atoms with Gasteiger partial charge in [0.1, 0.15) is 0 Å². The Balaban J connectivity index is 1.91. The molecule has 0 aliphatic rings. The molecule has 0 bridgehead atoms. The Morgan fingerprint density at radius 1 is 0.900 bits per heavy atom. The van der Waals surface area contributed by atoms with Crippen molar-refractivity contribution < 1.29 is 14.3 Å². The van der Waals surface area contributed by atoms with Crippen molar-refractivity contribution in [2.75, 3.05) is 19.8 Å². The molecule has 0 spiro atoms. The molecule has 0 amide bonds. The van der Waals surface area contributed by atoms with Crippen molar-refractivity contribution in [3.63, 3.8) is 0 Å². The Hall–Kier alpha value is -1.35. The maximum atomic E-state index is 11.6. The number of hydrogen-bond acceptors (Lipinski definition) is 3. The lowest BCUT2D eigenvalue weighted by Gasteiger charge is -2.05. The topological polar surface area (TPSA) is 35.5 Å². The number of benzene rings is 1. The van der Waals surface area contributed by atoms with Gasteiger partial charge >= 0.3 is 5.97 Å². The van der Waals surface area contributed by atoms with E-state index in [-0.39, 0.29) is 5.97 Å². The highest BCUT2D eigenvalue weighted by Gasteiger charge is 2.04. The summed E-state index contributed by atoms with van der Waals surface area (Å²) in [6, 6.07) is 9.14. The molecule has 0 aliphatic carbocycles. The predicted molar refractivity (Wildman–Crippen MR) is 80.9 cm³/mol. The molecular formula is C17H26O3. The molecule has 1 aromatic carbocycles. The first-order valence-electron chi connectivity index (χ1n) is 7.64. The minimum atomic E-state index is -0.220. The van der Waals surface area contributed by atoms with Gasteiger partial charge in [0.2, 0.25) is 0 Å². The third-order valence-corrected chi connectivity index (χ3v) is 3.13. The second-order valence-corrected chi connectivity index (χ2v) is 4.82. The van der Waals surface area contributed by atoms with Gasteiger partial charge in [-0.3, -0.25) is 0 Å². The fourth-order valence-corrected chi connectivity index (χ4v) is 1.98. The van der Waals surface area contributed by atoms with E-state index in [0.29, 0.717) is 12.2 Å². The molecule has 3 heteroatoms. The molecule has 0 fully saturated rings. The molecule has 0 saturated heterocycles. The van der Waals surface area contributed by atoms with E-state index in [1.807, 2.05) is 25.1 Å². The third-order valence-electron chi connectivity index (χ3n) is 3.13. The maximum Gasteiger partial charge on any atom is 0.338 e. The summed E-state index contributed by atoms with van der Waals surface area (Å²) >= 11 is 0. The molecule has 0 radical (unpaired) electrons. The number of ether oxygens (including phenoxy) is 2. The molecule has 112 valence electrons. The Morgan fingerprint density at radius 3 is 2.15 bits per heavy atom. The van der Waals surface area contributed by atoms with Gasteiger partial charge in [-0.15, -0.1) is 0 Å². The predicted octanol–water partition coefficient (Wildman–Crippen LogP) is 4.22. The normalized spacial score (nSPS) is 10.4. The first kappa shape index (κ1) is 16.7. The number of hydrogen-bond donors (Lipinski definition) is 0. The molecule has 3 nitrogen and oxygen atoms in total. The van der Waals surface area contributed by atoms with E-state index in [9.17, 15) is 4.79 Å². The standard InChI is InChI=1S/C17H26O3/c1-2-19-14-10-5-3-4-6-11-15-20-17(18)16-12-8-7-9-13-16/h7-9,12-13H,2-6,10-11,14-15H2,1H3. The van der Waals surface area contributed by atoms with Crippen LogP contribution in [0.5, 0.6) is 0 Å². The van der Waals surface area contributed by atoms with Crippen molar-refractivity contribution >= 4 is 5.97 Å². The number of esters is 1. The Labute approximate surface area is 122 Å². The number of carbonyl (C=O) groups excluding carboxylic acids is 1. The van der Waals surface area contributed by atoms with Crippen LogP contribution in [0.1, 0.15) is 55.8 Å². The lowest BCUT2D eigenvalue weighted by Crippen LogP contribution is -2.06. The molecule has 0 aliphatic heterocycles. The third kappa shape index (κ3) is 7.95. The van der Waals surface area contributed by atoms with Gasteiger partial charge in [-0.1, -0.05) is 43.9 Å². The fourth-order valence-electron chi connectivity index (χ4n) is 1.98. The van der Waals surface area contributed by atoms with E-state index >= 15 is 0 Å². The minimum absolute atomic E-state index is 0.220. The Kier molecular flexibility index (Phi) is 9.58. The van der Waals surface area contributed by atoms with Crippen molar-refractivity contribution in [3.05, 3.63) is 35.9 Å². The van der Waals surface area contributed by atoms with Crippen molar-refractivity contribution in [3.8, 4) is 0 Å². The molecule has 0 unspecified atom stereocenters. The monoisotopic (exact) mass is 278 g/mol. The van der Waals surface area contributed by atoms with E-state index in [2.05, 4.69) is 0 Å². The zero-order valence-corrected chi connectivity index (χ0v) is 12.5. The van der Waals surface area contributed by atoms with Crippen LogP contribution < -0.4 is 0 Å². The highest BCUT2D eigenvalue weighted by molar-refractivity contribution is 5.89. The second kappa shape index (κ2) is 11.5. The average Bonchev–Trinajstić information content (AvgIpc) is 2.50. The molecule has 0 heterocycles. The van der Waals surface area contributed by atoms with E-state index < -0.39 is 0 Å². The highest BCUT2D eigenvalue weighted by Crippen LogP contribution is 2.07. The van der Waals surface area contributed by atoms with Crippen LogP contribution in [0, 0.1) is 0 Å². The fraction of sp³-hybridized carbons (Fsp3) is 0.588. The average molecular weight is 278 g/mol. The number of carbonyl (C=O) groups is 1. The van der Waals surface area contributed by atoms with E-state index in [4.69, 9.17) is 9.47 Å². The summed E-state index contributed by atoms with van der Waals surface area (Å²) in [5.41, 5.74) is 0.628. The molecule has 1 rings (SSSR count). The minimum Gasteiger partial charge on any atom is -0.462 e. The largest absolute Gasteiger partial charge is 0.462 e. The second-order valence-electron chi connectivity index (χ2n) is 4.82. The molecule has 0 aromatic heterocycles. The number of rotatable bonds is 11. The summed E-state index contributed by atoms with van der Waals surface area (Å²) in [7, 11) is 0. The van der Waals surface area contributed by atoms with E-state index in [0.717, 1.165) is 32.5 Å². The Morgan fingerprint density at radius 2 is 1.50 bits per heavy atom. The smallest absolute Gasteiger partial charge is 0.338 e. The van der Waals surface area contributed by atoms with Crippen molar-refractivity contribution in [1.82, 2.24) is 0 Å². The maximum absolute atomic E-state index is 11.6. The first-order valence-corrected chi connectivity index (χ1v) is 7.64. The lowest BCUT2D eigenvalue weighted by molar-refractivity contribution is 0.0497. The van der Waals surface area contributed by atoms with Gasteiger partial charge in [-0.2, -0.15) is 0 Å². The van der Waals surface area contributed by atoms with Gasteiger partial charge in [0, 0.05) is 13.2 Å². The van der Waals surface area contributed by atoms with Crippen molar-refractivity contribution in [2.24, 2.45) is 0 Å². The van der Waals surface area contributed by atoms with Crippen molar-refractivity contribution in [1.29, 1.82) is 0 Å². The van der Waals surface area contributed by atoms with E-state index in [1.54, 1.807) is 12.1 Å². The van der Waals surface area contributed by atoms with Gasteiger partial charge in [0.05, 0.1) is 12.2 Å². The molecule has 20 heavy (non-hydrogen) atoms. The molecular weight excluding hydrogens is 252 g/mol. The van der Waals surface area contributed by atoms with Crippen LogP contribution in [-0.2, 0) is 9.47 Å². The van der Waals surface area contributed by atoms with Gasteiger partial charge in [-0.05, 0) is 31.9 Å². The van der Waals surface area contributed by atoms with Crippen LogP contribution in [0.4, 0.5) is 0 Å². The van der Waals surface area contributed by atoms with Crippen LogP contribution in [0.2, 0.25) is 0 Å².